The second-order valence-corrected chi connectivity index (χ2v) is 7.93. The lowest BCUT2D eigenvalue weighted by atomic mass is 10.1. The molecule has 2 N–H and O–H groups in total. The Morgan fingerprint density at radius 2 is 1.71 bits per heavy atom. The molecule has 7 heteroatoms. The molecule has 0 aliphatic rings. The van der Waals surface area contributed by atoms with Crippen LogP contribution in [-0.2, 0) is 0 Å². The summed E-state index contributed by atoms with van der Waals surface area (Å²) in [7, 11) is 0. The van der Waals surface area contributed by atoms with Gasteiger partial charge in [0.15, 0.2) is 5.82 Å². The molecule has 0 spiro atoms. The lowest BCUT2D eigenvalue weighted by molar-refractivity contribution is 0.0955. The first kappa shape index (κ1) is 21.1. The van der Waals surface area contributed by atoms with E-state index in [4.69, 9.17) is 28.2 Å². The molecule has 156 valence electrons. The van der Waals surface area contributed by atoms with Crippen LogP contribution < -0.4 is 10.6 Å². The van der Waals surface area contributed by atoms with E-state index in [9.17, 15) is 4.79 Å². The number of benzene rings is 3. The van der Waals surface area contributed by atoms with E-state index >= 15 is 0 Å². The number of carbonyl (C=O) groups excluding carboxylic acids is 1. The van der Waals surface area contributed by atoms with Gasteiger partial charge in [-0.2, -0.15) is 0 Å². The summed E-state index contributed by atoms with van der Waals surface area (Å²) in [5, 5.41) is 8.07. The molecule has 0 unspecified atom stereocenters. The number of fused-ring (bicyclic) bond motifs is 1. The van der Waals surface area contributed by atoms with Gasteiger partial charge in [0.1, 0.15) is 5.82 Å². The lowest BCUT2D eigenvalue weighted by Crippen LogP contribution is -2.29. The predicted molar refractivity (Wildman–Crippen MR) is 127 cm³/mol. The van der Waals surface area contributed by atoms with Crippen molar-refractivity contribution in [3.05, 3.63) is 87.9 Å². The summed E-state index contributed by atoms with van der Waals surface area (Å²) < 4.78 is 0. The fourth-order valence-electron chi connectivity index (χ4n) is 3.17. The van der Waals surface area contributed by atoms with Gasteiger partial charge in [-0.15, -0.1) is 0 Å². The first-order valence-corrected chi connectivity index (χ1v) is 10.6. The van der Waals surface area contributed by atoms with Gasteiger partial charge in [-0.25, -0.2) is 9.97 Å². The van der Waals surface area contributed by atoms with E-state index in [-0.39, 0.29) is 5.91 Å². The molecule has 0 aliphatic heterocycles. The number of nitrogens with one attached hydrogen (secondary N) is 2. The molecule has 5 nitrogen and oxygen atoms in total. The van der Waals surface area contributed by atoms with E-state index in [0.717, 1.165) is 16.5 Å². The summed E-state index contributed by atoms with van der Waals surface area (Å²) in [5.74, 6) is 1.08. The summed E-state index contributed by atoms with van der Waals surface area (Å²) in [6, 6.07) is 20.5. The van der Waals surface area contributed by atoms with Crippen LogP contribution in [-0.4, -0.2) is 29.0 Å². The van der Waals surface area contributed by atoms with Gasteiger partial charge in [0.2, 0.25) is 0 Å². The van der Waals surface area contributed by atoms with Gasteiger partial charge in [0.25, 0.3) is 5.91 Å². The molecular weight excluding hydrogens is 431 g/mol. The molecule has 0 radical (unpaired) electrons. The monoisotopic (exact) mass is 450 g/mol. The maximum Gasteiger partial charge on any atom is 0.252 e. The summed E-state index contributed by atoms with van der Waals surface area (Å²) >= 11 is 12.3. The van der Waals surface area contributed by atoms with E-state index in [2.05, 4.69) is 15.6 Å². The molecular formula is C24H20Cl2N4O. The van der Waals surface area contributed by atoms with Gasteiger partial charge in [0, 0.05) is 29.1 Å². The number of carbonyl (C=O) groups is 1. The maximum atomic E-state index is 12.3. The van der Waals surface area contributed by atoms with E-state index in [1.54, 1.807) is 24.3 Å². The predicted octanol–water partition coefficient (Wildman–Crippen LogP) is 5.75. The van der Waals surface area contributed by atoms with Crippen LogP contribution in [0.15, 0.2) is 66.7 Å². The molecule has 1 heterocycles. The maximum absolute atomic E-state index is 12.3. The van der Waals surface area contributed by atoms with Crippen LogP contribution in [0.3, 0.4) is 0 Å². The van der Waals surface area contributed by atoms with Crippen LogP contribution in [0.5, 0.6) is 0 Å². The average molecular weight is 451 g/mol. The second kappa shape index (κ2) is 9.33. The van der Waals surface area contributed by atoms with Crippen molar-refractivity contribution in [2.24, 2.45) is 0 Å². The molecule has 0 fully saturated rings. The van der Waals surface area contributed by atoms with Gasteiger partial charge in [-0.1, -0.05) is 65.2 Å². The van der Waals surface area contributed by atoms with E-state index in [1.165, 1.54) is 5.56 Å². The first-order valence-electron chi connectivity index (χ1n) is 9.82. The van der Waals surface area contributed by atoms with E-state index in [1.807, 2.05) is 49.4 Å². The summed E-state index contributed by atoms with van der Waals surface area (Å²) in [6.07, 6.45) is 0. The van der Waals surface area contributed by atoms with Crippen molar-refractivity contribution in [2.75, 3.05) is 18.4 Å². The highest BCUT2D eigenvalue weighted by Gasteiger charge is 2.11. The Balaban J connectivity index is 1.53. The molecule has 1 aromatic heterocycles. The highest BCUT2D eigenvalue weighted by Crippen LogP contribution is 2.27. The molecule has 4 rings (SSSR count). The third-order valence-corrected chi connectivity index (χ3v) is 5.35. The number of halogens is 2. The molecule has 0 saturated carbocycles. The number of rotatable bonds is 6. The number of anilines is 1. The standard InChI is InChI=1S/C24H20Cl2N4O/c1-15-6-8-16(9-7-15)22-29-21-14-17(25)10-11-19(21)23(30-22)27-12-13-28-24(31)18-4-2-3-5-20(18)26/h2-11,14H,12-13H2,1H3,(H,28,31)(H,27,29,30). The van der Waals surface area contributed by atoms with Crippen LogP contribution >= 0.6 is 23.2 Å². The normalized spacial score (nSPS) is 10.8. The first-order chi connectivity index (χ1) is 15.0. The van der Waals surface area contributed by atoms with Gasteiger partial charge in [-0.05, 0) is 37.3 Å². The Bertz CT molecular complexity index is 1240. The van der Waals surface area contributed by atoms with Crippen molar-refractivity contribution in [3.63, 3.8) is 0 Å². The van der Waals surface area contributed by atoms with E-state index < -0.39 is 0 Å². The number of amides is 1. The molecule has 0 saturated heterocycles. The zero-order chi connectivity index (χ0) is 21.8. The van der Waals surface area contributed by atoms with Crippen molar-refractivity contribution >= 4 is 45.8 Å². The fraction of sp³-hybridized carbons (Fsp3) is 0.125. The molecule has 31 heavy (non-hydrogen) atoms. The van der Waals surface area contributed by atoms with Gasteiger partial charge in [0.05, 0.1) is 16.1 Å². The average Bonchev–Trinajstić information content (AvgIpc) is 2.76. The van der Waals surface area contributed by atoms with Gasteiger partial charge >= 0.3 is 0 Å². The number of hydrogen-bond acceptors (Lipinski definition) is 4. The smallest absolute Gasteiger partial charge is 0.252 e. The minimum atomic E-state index is -0.216. The van der Waals surface area contributed by atoms with Gasteiger partial charge < -0.3 is 10.6 Å². The highest BCUT2D eigenvalue weighted by molar-refractivity contribution is 6.33. The van der Waals surface area contributed by atoms with Crippen molar-refractivity contribution in [1.82, 2.24) is 15.3 Å². The highest BCUT2D eigenvalue weighted by atomic mass is 35.5. The molecule has 0 atom stereocenters. The minimum absolute atomic E-state index is 0.216. The van der Waals surface area contributed by atoms with Crippen LogP contribution in [0.1, 0.15) is 15.9 Å². The number of aryl methyl sites for hydroxylation is 1. The molecule has 0 bridgehead atoms. The number of nitrogens with zero attached hydrogens (tertiary/aromatic N) is 2. The quantitative estimate of drug-likeness (QED) is 0.366. The largest absolute Gasteiger partial charge is 0.368 e. The van der Waals surface area contributed by atoms with Crippen molar-refractivity contribution < 1.29 is 4.79 Å². The van der Waals surface area contributed by atoms with Crippen molar-refractivity contribution in [2.45, 2.75) is 6.92 Å². The Morgan fingerprint density at radius 1 is 0.935 bits per heavy atom. The van der Waals surface area contributed by atoms with Crippen molar-refractivity contribution in [3.8, 4) is 11.4 Å². The Labute approximate surface area is 190 Å². The fourth-order valence-corrected chi connectivity index (χ4v) is 3.55. The lowest BCUT2D eigenvalue weighted by Gasteiger charge is -2.12. The summed E-state index contributed by atoms with van der Waals surface area (Å²) in [6.45, 7) is 2.93. The molecule has 1 amide bonds. The second-order valence-electron chi connectivity index (χ2n) is 7.09. The Kier molecular flexibility index (Phi) is 6.35. The SMILES string of the molecule is Cc1ccc(-c2nc(NCCNC(=O)c3ccccc3Cl)c3ccc(Cl)cc3n2)cc1. The molecule has 3 aromatic carbocycles. The Hall–Kier alpha value is -3.15. The van der Waals surface area contributed by atoms with Crippen LogP contribution in [0.25, 0.3) is 22.3 Å². The third-order valence-electron chi connectivity index (χ3n) is 4.79. The van der Waals surface area contributed by atoms with E-state index in [0.29, 0.717) is 40.3 Å². The van der Waals surface area contributed by atoms with Gasteiger partial charge in [-0.3, -0.25) is 4.79 Å². The van der Waals surface area contributed by atoms with Crippen LogP contribution in [0.4, 0.5) is 5.82 Å². The minimum Gasteiger partial charge on any atom is -0.368 e. The third kappa shape index (κ3) is 4.95. The zero-order valence-electron chi connectivity index (χ0n) is 16.8. The van der Waals surface area contributed by atoms with Crippen LogP contribution in [0, 0.1) is 6.92 Å². The van der Waals surface area contributed by atoms with Crippen LogP contribution in [0.2, 0.25) is 10.0 Å². The summed E-state index contributed by atoms with van der Waals surface area (Å²) in [4.78, 5) is 21.7. The Morgan fingerprint density at radius 3 is 2.48 bits per heavy atom. The molecule has 4 aromatic rings. The molecule has 0 aliphatic carbocycles. The van der Waals surface area contributed by atoms with Crippen molar-refractivity contribution in [1.29, 1.82) is 0 Å². The zero-order valence-corrected chi connectivity index (χ0v) is 18.3. The number of aromatic nitrogens is 2. The topological polar surface area (TPSA) is 66.9 Å². The number of hydrogen-bond donors (Lipinski definition) is 2. The summed E-state index contributed by atoms with van der Waals surface area (Å²) in [5.41, 5.74) is 3.29.